The number of hydrogen-bond donors (Lipinski definition) is 1. The molecule has 0 saturated heterocycles. The van der Waals surface area contributed by atoms with Crippen LogP contribution in [0.25, 0.3) is 11.1 Å². The highest BCUT2D eigenvalue weighted by atomic mass is 79.9. The first kappa shape index (κ1) is 11.2. The van der Waals surface area contributed by atoms with E-state index in [1.165, 1.54) is 6.07 Å². The highest BCUT2D eigenvalue weighted by molar-refractivity contribution is 9.10. The van der Waals surface area contributed by atoms with Gasteiger partial charge in [0.1, 0.15) is 11.3 Å². The van der Waals surface area contributed by atoms with Gasteiger partial charge in [-0.1, -0.05) is 12.1 Å². The fourth-order valence-electron chi connectivity index (χ4n) is 1.62. The topological polar surface area (TPSA) is 38.1 Å². The maximum absolute atomic E-state index is 13.3. The first-order valence-electron chi connectivity index (χ1n) is 5.30. The fourth-order valence-corrected chi connectivity index (χ4v) is 1.87. The van der Waals surface area contributed by atoms with Crippen molar-refractivity contribution >= 4 is 38.7 Å². The Labute approximate surface area is 111 Å². The van der Waals surface area contributed by atoms with Crippen molar-refractivity contribution in [3.8, 4) is 0 Å². The van der Waals surface area contributed by atoms with Gasteiger partial charge >= 0.3 is 0 Å². The maximum Gasteiger partial charge on any atom is 0.300 e. The monoisotopic (exact) mass is 306 g/mol. The zero-order valence-corrected chi connectivity index (χ0v) is 10.7. The van der Waals surface area contributed by atoms with Gasteiger partial charge in [-0.3, -0.25) is 0 Å². The van der Waals surface area contributed by atoms with Gasteiger partial charge < -0.3 is 9.73 Å². The number of aromatic nitrogens is 1. The fraction of sp³-hybridized carbons (Fsp3) is 0. The molecule has 0 radical (unpaired) electrons. The first-order chi connectivity index (χ1) is 8.72. The third kappa shape index (κ3) is 2.09. The van der Waals surface area contributed by atoms with Gasteiger partial charge in [-0.15, -0.1) is 0 Å². The number of anilines is 2. The Morgan fingerprint density at radius 2 is 2.00 bits per heavy atom. The lowest BCUT2D eigenvalue weighted by Gasteiger charge is -2.02. The Morgan fingerprint density at radius 3 is 2.78 bits per heavy atom. The number of nitrogens with one attached hydrogen (secondary N) is 1. The predicted molar refractivity (Wildman–Crippen MR) is 71.4 cm³/mol. The summed E-state index contributed by atoms with van der Waals surface area (Å²) in [5.74, 6) is -0.337. The molecule has 90 valence electrons. The van der Waals surface area contributed by atoms with Crippen LogP contribution in [-0.2, 0) is 0 Å². The molecule has 0 aliphatic heterocycles. The van der Waals surface area contributed by atoms with Crippen molar-refractivity contribution < 1.29 is 8.81 Å². The molecule has 3 aromatic rings. The summed E-state index contributed by atoms with van der Waals surface area (Å²) in [7, 11) is 0. The molecule has 0 spiro atoms. The van der Waals surface area contributed by atoms with Crippen LogP contribution in [0.1, 0.15) is 0 Å². The molecule has 3 rings (SSSR count). The Hall–Kier alpha value is -1.88. The minimum Gasteiger partial charge on any atom is -0.423 e. The van der Waals surface area contributed by atoms with Gasteiger partial charge in [0.25, 0.3) is 6.01 Å². The average Bonchev–Trinajstić information content (AvgIpc) is 2.76. The highest BCUT2D eigenvalue weighted by Gasteiger charge is 2.06. The molecule has 0 amide bonds. The summed E-state index contributed by atoms with van der Waals surface area (Å²) >= 11 is 3.10. The second-order valence-corrected chi connectivity index (χ2v) is 4.59. The summed E-state index contributed by atoms with van der Waals surface area (Å²) in [5, 5.41) is 2.92. The molecule has 0 bridgehead atoms. The number of fused-ring (bicyclic) bond motifs is 1. The lowest BCUT2D eigenvalue weighted by molar-refractivity contribution is 0.617. The number of para-hydroxylation sites is 2. The molecule has 5 heteroatoms. The van der Waals surface area contributed by atoms with Crippen LogP contribution >= 0.6 is 15.9 Å². The molecule has 0 fully saturated rings. The minimum atomic E-state index is -0.337. The summed E-state index contributed by atoms with van der Waals surface area (Å²) in [6, 6.07) is 12.5. The van der Waals surface area contributed by atoms with E-state index in [-0.39, 0.29) is 5.82 Å². The van der Waals surface area contributed by atoms with Gasteiger partial charge in [0.15, 0.2) is 5.58 Å². The van der Waals surface area contributed by atoms with E-state index in [0.717, 1.165) is 5.52 Å². The Balaban J connectivity index is 1.93. The standard InChI is InChI=1S/C13H8BrFN2O/c14-9-6-5-8(7-10(9)15)16-13-17-11-3-1-2-4-12(11)18-13/h1-7H,(H,16,17). The van der Waals surface area contributed by atoms with E-state index in [1.54, 1.807) is 12.1 Å². The van der Waals surface area contributed by atoms with Crippen molar-refractivity contribution in [2.24, 2.45) is 0 Å². The molecule has 2 aromatic carbocycles. The number of rotatable bonds is 2. The first-order valence-corrected chi connectivity index (χ1v) is 6.09. The van der Waals surface area contributed by atoms with Gasteiger partial charge in [0.2, 0.25) is 0 Å². The molecule has 0 unspecified atom stereocenters. The van der Waals surface area contributed by atoms with Gasteiger partial charge in [0.05, 0.1) is 4.47 Å². The molecule has 0 saturated carbocycles. The van der Waals surface area contributed by atoms with Crippen LogP contribution in [0.2, 0.25) is 0 Å². The molecular weight excluding hydrogens is 299 g/mol. The molecule has 3 nitrogen and oxygen atoms in total. The zero-order chi connectivity index (χ0) is 12.5. The summed E-state index contributed by atoms with van der Waals surface area (Å²) in [6.45, 7) is 0. The lowest BCUT2D eigenvalue weighted by Crippen LogP contribution is -1.91. The van der Waals surface area contributed by atoms with Gasteiger partial charge in [0, 0.05) is 5.69 Å². The van der Waals surface area contributed by atoms with Crippen molar-refractivity contribution in [3.63, 3.8) is 0 Å². The molecule has 18 heavy (non-hydrogen) atoms. The van der Waals surface area contributed by atoms with Gasteiger partial charge in [-0.2, -0.15) is 4.98 Å². The smallest absolute Gasteiger partial charge is 0.300 e. The third-order valence-corrected chi connectivity index (χ3v) is 3.11. The van der Waals surface area contributed by atoms with Gasteiger partial charge in [-0.25, -0.2) is 4.39 Å². The normalized spacial score (nSPS) is 10.8. The molecule has 1 aromatic heterocycles. The van der Waals surface area contributed by atoms with E-state index in [9.17, 15) is 4.39 Å². The summed E-state index contributed by atoms with van der Waals surface area (Å²) in [6.07, 6.45) is 0. The van der Waals surface area contributed by atoms with Gasteiger partial charge in [-0.05, 0) is 46.3 Å². The maximum atomic E-state index is 13.3. The quantitative estimate of drug-likeness (QED) is 0.759. The predicted octanol–water partition coefficient (Wildman–Crippen LogP) is 4.47. The zero-order valence-electron chi connectivity index (χ0n) is 9.15. The largest absolute Gasteiger partial charge is 0.423 e. The van der Waals surface area contributed by atoms with E-state index in [0.29, 0.717) is 21.8 Å². The SMILES string of the molecule is Fc1cc(Nc2nc3ccccc3o2)ccc1Br. The second kappa shape index (κ2) is 4.42. The van der Waals surface area contributed by atoms with E-state index >= 15 is 0 Å². The van der Waals surface area contributed by atoms with E-state index in [4.69, 9.17) is 4.42 Å². The van der Waals surface area contributed by atoms with E-state index in [2.05, 4.69) is 26.2 Å². The Bertz CT molecular complexity index is 678. The van der Waals surface area contributed by atoms with E-state index < -0.39 is 0 Å². The van der Waals surface area contributed by atoms with Crippen molar-refractivity contribution in [1.82, 2.24) is 4.98 Å². The summed E-state index contributed by atoms with van der Waals surface area (Å²) < 4.78 is 19.3. The molecule has 0 atom stereocenters. The number of oxazole rings is 1. The number of halogens is 2. The molecular formula is C13H8BrFN2O. The van der Waals surface area contributed by atoms with Crippen molar-refractivity contribution in [1.29, 1.82) is 0 Å². The highest BCUT2D eigenvalue weighted by Crippen LogP contribution is 2.24. The van der Waals surface area contributed by atoms with Crippen molar-refractivity contribution in [2.75, 3.05) is 5.32 Å². The van der Waals surface area contributed by atoms with Crippen LogP contribution in [0, 0.1) is 5.82 Å². The Kier molecular flexibility index (Phi) is 2.76. The molecule has 1 N–H and O–H groups in total. The number of hydrogen-bond acceptors (Lipinski definition) is 3. The van der Waals surface area contributed by atoms with Crippen LogP contribution in [0.4, 0.5) is 16.1 Å². The van der Waals surface area contributed by atoms with Crippen molar-refractivity contribution in [2.45, 2.75) is 0 Å². The van der Waals surface area contributed by atoms with Crippen molar-refractivity contribution in [3.05, 3.63) is 52.8 Å². The average molecular weight is 307 g/mol. The molecule has 0 aliphatic rings. The molecule has 1 heterocycles. The second-order valence-electron chi connectivity index (χ2n) is 3.74. The van der Waals surface area contributed by atoms with Crippen LogP contribution in [0.5, 0.6) is 0 Å². The van der Waals surface area contributed by atoms with Crippen LogP contribution < -0.4 is 5.32 Å². The number of nitrogens with zero attached hydrogens (tertiary/aromatic N) is 1. The number of benzene rings is 2. The molecule has 0 aliphatic carbocycles. The Morgan fingerprint density at radius 1 is 1.17 bits per heavy atom. The third-order valence-electron chi connectivity index (χ3n) is 2.46. The minimum absolute atomic E-state index is 0.337. The van der Waals surface area contributed by atoms with E-state index in [1.807, 2.05) is 24.3 Å². The summed E-state index contributed by atoms with van der Waals surface area (Å²) in [5.41, 5.74) is 2.04. The lowest BCUT2D eigenvalue weighted by atomic mass is 10.3. The van der Waals surface area contributed by atoms with Crippen LogP contribution in [-0.4, -0.2) is 4.98 Å². The van der Waals surface area contributed by atoms with Crippen LogP contribution in [0.15, 0.2) is 51.4 Å². The van der Waals surface area contributed by atoms with Crippen LogP contribution in [0.3, 0.4) is 0 Å². The summed E-state index contributed by atoms with van der Waals surface area (Å²) in [4.78, 5) is 4.25.